The summed E-state index contributed by atoms with van der Waals surface area (Å²) >= 11 is 0. The number of amides is 1. The lowest BCUT2D eigenvalue weighted by Crippen LogP contribution is -2.29. The van der Waals surface area contributed by atoms with E-state index >= 15 is 0 Å². The third-order valence-corrected chi connectivity index (χ3v) is 4.27. The molecule has 0 unspecified atom stereocenters. The quantitative estimate of drug-likeness (QED) is 0.648. The van der Waals surface area contributed by atoms with Gasteiger partial charge in [0.15, 0.2) is 0 Å². The second-order valence-corrected chi connectivity index (χ2v) is 6.29. The largest absolute Gasteiger partial charge is 0.465 e. The zero-order chi connectivity index (χ0) is 17.6. The molecule has 1 aromatic carbocycles. The molecule has 1 N–H and O–H groups in total. The Kier molecular flexibility index (Phi) is 5.43. The molecule has 0 aliphatic rings. The molecule has 0 bridgehead atoms. The molecule has 0 spiro atoms. The number of nitrogens with one attached hydrogen (secondary N) is 1. The predicted octanol–water partition coefficient (Wildman–Crippen LogP) is 1.39. The highest BCUT2D eigenvalue weighted by molar-refractivity contribution is 7.90. The molecule has 124 valence electrons. The molecular weight excluding hydrogens is 332 g/mol. The number of sulfonamides is 1. The molecule has 0 atom stereocenters. The zero-order valence-electron chi connectivity index (χ0n) is 12.7. The van der Waals surface area contributed by atoms with Gasteiger partial charge in [-0.3, -0.25) is 9.78 Å². The van der Waals surface area contributed by atoms with Gasteiger partial charge in [-0.25, -0.2) is 17.9 Å². The van der Waals surface area contributed by atoms with Crippen LogP contribution in [-0.4, -0.2) is 32.4 Å². The van der Waals surface area contributed by atoms with E-state index in [4.69, 9.17) is 0 Å². The van der Waals surface area contributed by atoms with Gasteiger partial charge in [0.05, 0.1) is 12.7 Å². The third-order valence-electron chi connectivity index (χ3n) is 2.94. The van der Waals surface area contributed by atoms with Crippen molar-refractivity contribution in [1.82, 2.24) is 9.71 Å². The van der Waals surface area contributed by atoms with E-state index in [2.05, 4.69) is 9.72 Å². The molecule has 2 rings (SSSR count). The van der Waals surface area contributed by atoms with Crippen molar-refractivity contribution < 1.29 is 22.7 Å². The first-order valence-electron chi connectivity index (χ1n) is 6.75. The molecule has 0 saturated heterocycles. The number of carbonyl (C=O) groups is 2. The topological polar surface area (TPSA) is 102 Å². The maximum Gasteiger partial charge on any atom is 0.337 e. The molecule has 1 aromatic heterocycles. The lowest BCUT2D eigenvalue weighted by atomic mass is 10.1. The van der Waals surface area contributed by atoms with E-state index in [0.29, 0.717) is 11.1 Å². The van der Waals surface area contributed by atoms with Crippen molar-refractivity contribution in [3.63, 3.8) is 0 Å². The molecule has 24 heavy (non-hydrogen) atoms. The van der Waals surface area contributed by atoms with Crippen molar-refractivity contribution in [2.75, 3.05) is 7.11 Å². The molecular formula is C16H14N2O5S. The van der Waals surface area contributed by atoms with Crippen LogP contribution < -0.4 is 4.72 Å². The summed E-state index contributed by atoms with van der Waals surface area (Å²) in [4.78, 5) is 26.7. The third kappa shape index (κ3) is 4.50. The summed E-state index contributed by atoms with van der Waals surface area (Å²) in [5, 5.41) is 0. The molecule has 0 aliphatic heterocycles. The Morgan fingerprint density at radius 2 is 1.88 bits per heavy atom. The van der Waals surface area contributed by atoms with E-state index < -0.39 is 21.9 Å². The van der Waals surface area contributed by atoms with Crippen LogP contribution in [0.5, 0.6) is 0 Å². The van der Waals surface area contributed by atoms with Crippen LogP contribution in [0.15, 0.2) is 59.8 Å². The number of nitrogens with zero attached hydrogens (tertiary/aromatic N) is 1. The Morgan fingerprint density at radius 1 is 1.17 bits per heavy atom. The molecule has 2 aromatic rings. The molecule has 0 fully saturated rings. The standard InChI is InChI=1S/C16H14N2O5S/c1-23-16(20)13-7-4-12(5-8-13)6-9-15(19)18-24(21,22)14-3-2-10-17-11-14/h2-11H,1H3,(H,18,19)/b9-6+. The summed E-state index contributed by atoms with van der Waals surface area (Å²) in [7, 11) is -2.68. The normalized spacial score (nSPS) is 11.2. The summed E-state index contributed by atoms with van der Waals surface area (Å²) in [6.07, 6.45) is 5.08. The second-order valence-electron chi connectivity index (χ2n) is 4.61. The monoisotopic (exact) mass is 346 g/mol. The first kappa shape index (κ1) is 17.4. The maximum atomic E-state index is 11.9. The van der Waals surface area contributed by atoms with Gasteiger partial charge >= 0.3 is 5.97 Å². The van der Waals surface area contributed by atoms with Crippen molar-refractivity contribution in [3.05, 3.63) is 66.0 Å². The second kappa shape index (κ2) is 7.51. The van der Waals surface area contributed by atoms with Gasteiger partial charge < -0.3 is 4.74 Å². The zero-order valence-corrected chi connectivity index (χ0v) is 13.5. The highest BCUT2D eigenvalue weighted by atomic mass is 32.2. The Morgan fingerprint density at radius 3 is 2.46 bits per heavy atom. The Labute approximate surface area is 139 Å². The van der Waals surface area contributed by atoms with Gasteiger partial charge in [-0.1, -0.05) is 12.1 Å². The van der Waals surface area contributed by atoms with Crippen LogP contribution in [0.2, 0.25) is 0 Å². The molecule has 0 radical (unpaired) electrons. The minimum absolute atomic E-state index is 0.103. The number of ether oxygens (including phenoxy) is 1. The summed E-state index contributed by atoms with van der Waals surface area (Å²) in [6, 6.07) is 9.07. The van der Waals surface area contributed by atoms with E-state index in [-0.39, 0.29) is 4.90 Å². The van der Waals surface area contributed by atoms with Crippen molar-refractivity contribution in [2.45, 2.75) is 4.90 Å². The highest BCUT2D eigenvalue weighted by Gasteiger charge is 2.15. The van der Waals surface area contributed by atoms with E-state index in [1.807, 2.05) is 4.72 Å². The van der Waals surface area contributed by atoms with E-state index in [9.17, 15) is 18.0 Å². The van der Waals surface area contributed by atoms with Gasteiger partial charge in [0, 0.05) is 18.5 Å². The Hall–Kier alpha value is -3.00. The predicted molar refractivity (Wildman–Crippen MR) is 86.4 cm³/mol. The van der Waals surface area contributed by atoms with Gasteiger partial charge in [-0.2, -0.15) is 0 Å². The fraction of sp³-hybridized carbons (Fsp3) is 0.0625. The summed E-state index contributed by atoms with van der Waals surface area (Å²) in [6.45, 7) is 0. The van der Waals surface area contributed by atoms with Crippen LogP contribution in [0.25, 0.3) is 6.08 Å². The number of carbonyl (C=O) groups excluding carboxylic acids is 2. The first-order valence-corrected chi connectivity index (χ1v) is 8.24. The lowest BCUT2D eigenvalue weighted by molar-refractivity contribution is -0.114. The van der Waals surface area contributed by atoms with Gasteiger partial charge in [-0.05, 0) is 35.9 Å². The number of aromatic nitrogens is 1. The van der Waals surface area contributed by atoms with Gasteiger partial charge in [0.25, 0.3) is 15.9 Å². The fourth-order valence-electron chi connectivity index (χ4n) is 1.75. The molecule has 0 saturated carbocycles. The van der Waals surface area contributed by atoms with E-state index in [0.717, 1.165) is 12.3 Å². The number of esters is 1. The number of rotatable bonds is 5. The fourth-order valence-corrected chi connectivity index (χ4v) is 2.66. The van der Waals surface area contributed by atoms with Crippen LogP contribution in [0, 0.1) is 0 Å². The average molecular weight is 346 g/mol. The van der Waals surface area contributed by atoms with Crippen molar-refractivity contribution in [2.24, 2.45) is 0 Å². The smallest absolute Gasteiger partial charge is 0.337 e. The number of methoxy groups -OCH3 is 1. The summed E-state index contributed by atoms with van der Waals surface area (Å²) in [5.41, 5.74) is 0.995. The number of benzene rings is 1. The molecule has 8 heteroatoms. The number of pyridine rings is 1. The Balaban J connectivity index is 2.04. The number of hydrogen-bond acceptors (Lipinski definition) is 6. The van der Waals surface area contributed by atoms with Crippen LogP contribution in [0.4, 0.5) is 0 Å². The highest BCUT2D eigenvalue weighted by Crippen LogP contribution is 2.08. The van der Waals surface area contributed by atoms with Crippen LogP contribution in [0.3, 0.4) is 0 Å². The molecule has 7 nitrogen and oxygen atoms in total. The Bertz CT molecular complexity index is 859. The molecule has 0 aliphatic carbocycles. The van der Waals surface area contributed by atoms with Crippen molar-refractivity contribution in [3.8, 4) is 0 Å². The van der Waals surface area contributed by atoms with Crippen LogP contribution >= 0.6 is 0 Å². The molecule has 1 heterocycles. The van der Waals surface area contributed by atoms with Gasteiger partial charge in [-0.15, -0.1) is 0 Å². The van der Waals surface area contributed by atoms with Crippen LogP contribution in [-0.2, 0) is 19.6 Å². The average Bonchev–Trinajstić information content (AvgIpc) is 2.60. The van der Waals surface area contributed by atoms with Crippen molar-refractivity contribution in [1.29, 1.82) is 0 Å². The van der Waals surface area contributed by atoms with E-state index in [1.165, 1.54) is 43.6 Å². The first-order chi connectivity index (χ1) is 11.4. The van der Waals surface area contributed by atoms with Gasteiger partial charge in [0.1, 0.15) is 4.90 Å². The van der Waals surface area contributed by atoms with E-state index in [1.54, 1.807) is 12.1 Å². The van der Waals surface area contributed by atoms with Gasteiger partial charge in [0.2, 0.25) is 0 Å². The van der Waals surface area contributed by atoms with Crippen LogP contribution in [0.1, 0.15) is 15.9 Å². The molecule has 1 amide bonds. The SMILES string of the molecule is COC(=O)c1ccc(/C=C/C(=O)NS(=O)(=O)c2cccnc2)cc1. The van der Waals surface area contributed by atoms with Crippen molar-refractivity contribution >= 4 is 28.0 Å². The summed E-state index contributed by atoms with van der Waals surface area (Å²) < 4.78 is 30.4. The lowest BCUT2D eigenvalue weighted by Gasteiger charge is -2.03. The summed E-state index contributed by atoms with van der Waals surface area (Å²) in [5.74, 6) is -1.26. The minimum Gasteiger partial charge on any atom is -0.465 e. The number of hydrogen-bond donors (Lipinski definition) is 1. The minimum atomic E-state index is -3.96. The maximum absolute atomic E-state index is 11.9.